The van der Waals surface area contributed by atoms with Gasteiger partial charge in [0.2, 0.25) is 0 Å². The Labute approximate surface area is 139 Å². The van der Waals surface area contributed by atoms with Gasteiger partial charge in [0.1, 0.15) is 5.69 Å². The third kappa shape index (κ3) is 3.24. The van der Waals surface area contributed by atoms with Gasteiger partial charge < -0.3 is 5.32 Å². The van der Waals surface area contributed by atoms with Crippen LogP contribution in [0.15, 0.2) is 18.3 Å². The van der Waals surface area contributed by atoms with Crippen LogP contribution in [0.3, 0.4) is 0 Å². The number of nitro groups is 1. The van der Waals surface area contributed by atoms with Crippen molar-refractivity contribution in [3.8, 4) is 0 Å². The molecule has 128 valence electrons. The summed E-state index contributed by atoms with van der Waals surface area (Å²) in [7, 11) is 0. The lowest BCUT2D eigenvalue weighted by atomic mass is 9.97. The largest absolute Gasteiger partial charge is 0.378 e. The maximum atomic E-state index is 11.5. The van der Waals surface area contributed by atoms with Crippen LogP contribution in [0.4, 0.5) is 11.4 Å². The molecule has 0 aliphatic rings. The number of anilines is 1. The molecule has 0 atom stereocenters. The van der Waals surface area contributed by atoms with Crippen LogP contribution >= 0.6 is 0 Å². The first kappa shape index (κ1) is 17.5. The second-order valence-electron chi connectivity index (χ2n) is 6.18. The molecule has 0 bridgehead atoms. The van der Waals surface area contributed by atoms with Gasteiger partial charge >= 0.3 is 5.69 Å². The van der Waals surface area contributed by atoms with Gasteiger partial charge in [-0.05, 0) is 28.0 Å². The van der Waals surface area contributed by atoms with Crippen LogP contribution in [-0.4, -0.2) is 36.5 Å². The molecule has 0 saturated carbocycles. The second kappa shape index (κ2) is 6.73. The molecule has 3 aromatic heterocycles. The molecule has 0 fully saturated rings. The molecule has 0 saturated heterocycles. The Morgan fingerprint density at radius 2 is 2.00 bits per heavy atom. The number of hydrogen-bond acceptors (Lipinski definition) is 7. The molecule has 3 rings (SSSR count). The van der Waals surface area contributed by atoms with Crippen molar-refractivity contribution in [3.05, 3.63) is 28.4 Å². The highest BCUT2D eigenvalue weighted by Crippen LogP contribution is 2.35. The number of hydrogen-bond donors (Lipinski definition) is 1. The number of aromatic nitrogens is 5. The summed E-state index contributed by atoms with van der Waals surface area (Å²) in [6.45, 7) is 10.7. The van der Waals surface area contributed by atoms with Gasteiger partial charge in [-0.1, -0.05) is 34.6 Å². The lowest BCUT2D eigenvalue weighted by Gasteiger charge is -2.20. The van der Waals surface area contributed by atoms with E-state index in [9.17, 15) is 10.1 Å². The molecule has 0 spiro atoms. The molecule has 9 heteroatoms. The fourth-order valence-electron chi connectivity index (χ4n) is 2.18. The fraction of sp³-hybridized carbons (Fsp3) is 0.467. The van der Waals surface area contributed by atoms with Crippen molar-refractivity contribution in [2.45, 2.75) is 34.6 Å². The Kier molecular flexibility index (Phi) is 4.91. The molecule has 0 radical (unpaired) electrons. The van der Waals surface area contributed by atoms with E-state index in [-0.39, 0.29) is 16.7 Å². The molecular weight excluding hydrogens is 310 g/mol. The van der Waals surface area contributed by atoms with Crippen LogP contribution in [0.5, 0.6) is 0 Å². The highest BCUT2D eigenvalue weighted by atomic mass is 16.6. The Balaban J connectivity index is 0.00000100. The van der Waals surface area contributed by atoms with Crippen LogP contribution < -0.4 is 5.32 Å². The number of rotatable bonds is 3. The first-order valence-electron chi connectivity index (χ1n) is 7.75. The monoisotopic (exact) mass is 331 g/mol. The highest BCUT2D eigenvalue weighted by Gasteiger charge is 2.27. The summed E-state index contributed by atoms with van der Waals surface area (Å²) >= 11 is 0. The quantitative estimate of drug-likeness (QED) is 0.580. The van der Waals surface area contributed by atoms with Crippen molar-refractivity contribution >= 4 is 28.1 Å². The summed E-state index contributed by atoms with van der Waals surface area (Å²) in [5.41, 5.74) is 0.762. The van der Waals surface area contributed by atoms with E-state index in [4.69, 9.17) is 0 Å². The van der Waals surface area contributed by atoms with Crippen LogP contribution in [0.25, 0.3) is 16.7 Å². The van der Waals surface area contributed by atoms with Gasteiger partial charge in [-0.15, -0.1) is 5.10 Å². The Morgan fingerprint density at radius 1 is 1.29 bits per heavy atom. The molecule has 24 heavy (non-hydrogen) atoms. The Hall–Kier alpha value is -2.84. The SMILES string of the molecule is CC.CC(C)(C)CNc1c([N+](=O)[O-])c2nnnn2c2ncccc12. The minimum atomic E-state index is -0.469. The topological polar surface area (TPSA) is 111 Å². The minimum Gasteiger partial charge on any atom is -0.378 e. The average molecular weight is 331 g/mol. The molecular formula is C15H21N7O2. The lowest BCUT2D eigenvalue weighted by Crippen LogP contribution is -2.20. The van der Waals surface area contributed by atoms with Crippen LogP contribution in [0.2, 0.25) is 0 Å². The Morgan fingerprint density at radius 3 is 2.62 bits per heavy atom. The molecule has 0 amide bonds. The van der Waals surface area contributed by atoms with Gasteiger partial charge in [0.25, 0.3) is 5.65 Å². The van der Waals surface area contributed by atoms with Crippen molar-refractivity contribution in [2.75, 3.05) is 11.9 Å². The van der Waals surface area contributed by atoms with Gasteiger partial charge in [0.05, 0.1) is 4.92 Å². The predicted molar refractivity (Wildman–Crippen MR) is 92.0 cm³/mol. The van der Waals surface area contributed by atoms with E-state index in [1.807, 2.05) is 34.6 Å². The molecule has 3 aromatic rings. The minimum absolute atomic E-state index is 0.0412. The van der Waals surface area contributed by atoms with Crippen LogP contribution in [0.1, 0.15) is 34.6 Å². The zero-order chi connectivity index (χ0) is 17.9. The van der Waals surface area contributed by atoms with E-state index in [1.54, 1.807) is 18.3 Å². The van der Waals surface area contributed by atoms with Crippen molar-refractivity contribution in [1.82, 2.24) is 25.0 Å². The van der Waals surface area contributed by atoms with Gasteiger partial charge in [-0.2, -0.15) is 4.52 Å². The number of pyridine rings is 2. The maximum absolute atomic E-state index is 11.5. The number of nitrogens with one attached hydrogen (secondary N) is 1. The summed E-state index contributed by atoms with van der Waals surface area (Å²) in [6, 6.07) is 3.49. The zero-order valence-electron chi connectivity index (χ0n) is 14.4. The van der Waals surface area contributed by atoms with Gasteiger partial charge in [0.15, 0.2) is 5.65 Å². The molecule has 3 heterocycles. The zero-order valence-corrected chi connectivity index (χ0v) is 14.4. The number of tetrazole rings is 1. The highest BCUT2D eigenvalue weighted by molar-refractivity contribution is 5.99. The average Bonchev–Trinajstić information content (AvgIpc) is 3.02. The van der Waals surface area contributed by atoms with Crippen LogP contribution in [0, 0.1) is 15.5 Å². The van der Waals surface area contributed by atoms with Gasteiger partial charge in [0, 0.05) is 18.1 Å². The molecule has 0 unspecified atom stereocenters. The fourth-order valence-corrected chi connectivity index (χ4v) is 2.18. The van der Waals surface area contributed by atoms with E-state index >= 15 is 0 Å². The summed E-state index contributed by atoms with van der Waals surface area (Å²) in [5, 5.41) is 26.4. The molecule has 0 aliphatic heterocycles. The maximum Gasteiger partial charge on any atom is 0.339 e. The van der Waals surface area contributed by atoms with Crippen molar-refractivity contribution in [1.29, 1.82) is 0 Å². The third-order valence-corrected chi connectivity index (χ3v) is 3.15. The summed E-state index contributed by atoms with van der Waals surface area (Å²) < 4.78 is 1.29. The predicted octanol–water partition coefficient (Wildman–Crippen LogP) is 3.06. The van der Waals surface area contributed by atoms with Crippen molar-refractivity contribution in [3.63, 3.8) is 0 Å². The molecule has 0 aromatic carbocycles. The van der Waals surface area contributed by atoms with E-state index in [2.05, 4.69) is 25.8 Å². The van der Waals surface area contributed by atoms with E-state index < -0.39 is 4.92 Å². The summed E-state index contributed by atoms with van der Waals surface area (Å²) in [4.78, 5) is 15.3. The van der Waals surface area contributed by atoms with E-state index in [1.165, 1.54) is 4.52 Å². The van der Waals surface area contributed by atoms with Gasteiger partial charge in [-0.3, -0.25) is 10.1 Å². The normalized spacial score (nSPS) is 11.2. The van der Waals surface area contributed by atoms with E-state index in [0.29, 0.717) is 23.3 Å². The Bertz CT molecular complexity index is 867. The third-order valence-electron chi connectivity index (χ3n) is 3.15. The summed E-state index contributed by atoms with van der Waals surface area (Å²) in [6.07, 6.45) is 1.60. The van der Waals surface area contributed by atoms with Crippen LogP contribution in [-0.2, 0) is 0 Å². The van der Waals surface area contributed by atoms with Gasteiger partial charge in [-0.25, -0.2) is 4.98 Å². The van der Waals surface area contributed by atoms with Crippen molar-refractivity contribution < 1.29 is 4.92 Å². The summed E-state index contributed by atoms with van der Waals surface area (Å²) in [5.74, 6) is 0. The first-order valence-corrected chi connectivity index (χ1v) is 7.75. The number of nitrogens with zero attached hydrogens (tertiary/aromatic N) is 6. The molecule has 1 N–H and O–H groups in total. The smallest absolute Gasteiger partial charge is 0.339 e. The first-order chi connectivity index (χ1) is 11.4. The second-order valence-corrected chi connectivity index (χ2v) is 6.18. The molecule has 0 aliphatic carbocycles. The lowest BCUT2D eigenvalue weighted by molar-refractivity contribution is -0.382. The van der Waals surface area contributed by atoms with E-state index in [0.717, 1.165) is 0 Å². The van der Waals surface area contributed by atoms with Crippen molar-refractivity contribution in [2.24, 2.45) is 5.41 Å². The number of fused-ring (bicyclic) bond motifs is 3. The molecule has 9 nitrogen and oxygen atoms in total. The standard InChI is InChI=1S/C13H15N7O2.C2H6/c1-13(2,3)7-15-9-8-5-4-6-14-11(8)19-12(16-17-18-19)10(9)20(21)22;1-2/h4-6,15H,7H2,1-3H3;1-2H3.